The Hall–Kier alpha value is -2.65. The van der Waals surface area contributed by atoms with Crippen molar-refractivity contribution in [2.24, 2.45) is 5.92 Å². The van der Waals surface area contributed by atoms with Gasteiger partial charge in [0.25, 0.3) is 5.91 Å². The summed E-state index contributed by atoms with van der Waals surface area (Å²) in [6.45, 7) is 1.92. The molecule has 2 aliphatic carbocycles. The summed E-state index contributed by atoms with van der Waals surface area (Å²) in [5.41, 5.74) is -0.378. The Bertz CT molecular complexity index is 938. The predicted molar refractivity (Wildman–Crippen MR) is 99.0 cm³/mol. The molecular weight excluding hydrogens is 401 g/mol. The highest BCUT2D eigenvalue weighted by molar-refractivity contribution is 5.95. The number of nitrogens with one attached hydrogen (secondary N) is 1. The fourth-order valence-electron chi connectivity index (χ4n) is 3.46. The SMILES string of the molecule is Cc1nnc(C(C)(CC2CC2)NC(=O)c2ncc(C3CC3)cc2OCC(F)(F)F)o1. The molecule has 0 bridgehead atoms. The predicted octanol–water partition coefficient (Wildman–Crippen LogP) is 4.04. The third-order valence-corrected chi connectivity index (χ3v) is 5.31. The average molecular weight is 424 g/mol. The van der Waals surface area contributed by atoms with Gasteiger partial charge in [-0.3, -0.25) is 4.79 Å². The quantitative estimate of drug-likeness (QED) is 0.688. The maximum Gasteiger partial charge on any atom is 0.422 e. The molecule has 1 amide bonds. The molecule has 2 aromatic rings. The normalized spacial score (nSPS) is 18.7. The fraction of sp³-hybridized carbons (Fsp3) is 0.600. The number of amides is 1. The van der Waals surface area contributed by atoms with Crippen molar-refractivity contribution in [3.05, 3.63) is 35.3 Å². The summed E-state index contributed by atoms with van der Waals surface area (Å²) in [5, 5.41) is 10.7. The highest BCUT2D eigenvalue weighted by atomic mass is 19.4. The van der Waals surface area contributed by atoms with Crippen LogP contribution in [0.5, 0.6) is 5.75 Å². The van der Waals surface area contributed by atoms with E-state index in [2.05, 4.69) is 20.5 Å². The van der Waals surface area contributed by atoms with Crippen LogP contribution in [0.15, 0.2) is 16.7 Å². The first-order chi connectivity index (χ1) is 14.1. The van der Waals surface area contributed by atoms with Gasteiger partial charge in [-0.1, -0.05) is 12.8 Å². The van der Waals surface area contributed by atoms with E-state index in [0.29, 0.717) is 18.2 Å². The monoisotopic (exact) mass is 424 g/mol. The van der Waals surface area contributed by atoms with Crippen LogP contribution in [-0.4, -0.2) is 33.9 Å². The van der Waals surface area contributed by atoms with E-state index in [0.717, 1.165) is 31.2 Å². The molecule has 1 N–H and O–H groups in total. The van der Waals surface area contributed by atoms with E-state index in [1.165, 1.54) is 12.3 Å². The molecule has 0 aliphatic heterocycles. The van der Waals surface area contributed by atoms with Gasteiger partial charge in [-0.15, -0.1) is 10.2 Å². The minimum atomic E-state index is -4.52. The van der Waals surface area contributed by atoms with E-state index in [4.69, 9.17) is 9.15 Å². The van der Waals surface area contributed by atoms with E-state index in [9.17, 15) is 18.0 Å². The molecule has 2 saturated carbocycles. The summed E-state index contributed by atoms with van der Waals surface area (Å²) in [7, 11) is 0. The van der Waals surface area contributed by atoms with Gasteiger partial charge in [0.1, 0.15) is 5.54 Å². The molecule has 0 aromatic carbocycles. The van der Waals surface area contributed by atoms with Gasteiger partial charge in [0, 0.05) is 13.1 Å². The zero-order chi connectivity index (χ0) is 21.5. The number of aryl methyl sites for hydroxylation is 1. The van der Waals surface area contributed by atoms with E-state index in [1.54, 1.807) is 13.8 Å². The van der Waals surface area contributed by atoms with Crippen molar-refractivity contribution >= 4 is 5.91 Å². The number of aromatic nitrogens is 3. The number of nitrogens with zero attached hydrogens (tertiary/aromatic N) is 3. The lowest BCUT2D eigenvalue weighted by Crippen LogP contribution is -2.44. The highest BCUT2D eigenvalue weighted by Crippen LogP contribution is 2.42. The minimum absolute atomic E-state index is 0.176. The number of carbonyl (C=O) groups is 1. The standard InChI is InChI=1S/C20H23F3N4O3/c1-11-26-27-18(30-11)19(2,8-12-3-4-12)25-17(28)16-15(29-10-20(21,22)23)7-14(9-24-16)13-5-6-13/h7,9,12-13H,3-6,8,10H2,1-2H3,(H,25,28). The molecule has 0 saturated heterocycles. The molecule has 7 nitrogen and oxygen atoms in total. The van der Waals surface area contributed by atoms with Crippen LogP contribution in [0.4, 0.5) is 13.2 Å². The largest absolute Gasteiger partial charge is 0.482 e. The number of hydrogen-bond donors (Lipinski definition) is 1. The van der Waals surface area contributed by atoms with Crippen LogP contribution in [0.25, 0.3) is 0 Å². The van der Waals surface area contributed by atoms with E-state index < -0.39 is 24.2 Å². The van der Waals surface area contributed by atoms with Crippen LogP contribution in [-0.2, 0) is 5.54 Å². The summed E-state index contributed by atoms with van der Waals surface area (Å²) in [4.78, 5) is 17.2. The first-order valence-electron chi connectivity index (χ1n) is 9.95. The minimum Gasteiger partial charge on any atom is -0.482 e. The third-order valence-electron chi connectivity index (χ3n) is 5.31. The van der Waals surface area contributed by atoms with Crippen molar-refractivity contribution in [3.8, 4) is 5.75 Å². The zero-order valence-corrected chi connectivity index (χ0v) is 16.8. The van der Waals surface area contributed by atoms with Gasteiger partial charge in [0.2, 0.25) is 11.8 Å². The average Bonchev–Trinajstić information content (AvgIpc) is 3.59. The van der Waals surface area contributed by atoms with Gasteiger partial charge < -0.3 is 14.5 Å². The Morgan fingerprint density at radius 2 is 2.00 bits per heavy atom. The van der Waals surface area contributed by atoms with Gasteiger partial charge in [-0.25, -0.2) is 4.98 Å². The summed E-state index contributed by atoms with van der Waals surface area (Å²) in [6.07, 6.45) is 1.55. The Labute approximate surface area is 171 Å². The lowest BCUT2D eigenvalue weighted by atomic mass is 9.94. The first kappa shape index (κ1) is 20.6. The van der Waals surface area contributed by atoms with Crippen molar-refractivity contribution in [2.45, 2.75) is 63.6 Å². The van der Waals surface area contributed by atoms with Crippen LogP contribution in [0.2, 0.25) is 0 Å². The lowest BCUT2D eigenvalue weighted by Gasteiger charge is -2.27. The van der Waals surface area contributed by atoms with Gasteiger partial charge in [-0.2, -0.15) is 13.2 Å². The Balaban J connectivity index is 1.60. The molecule has 2 aromatic heterocycles. The molecular formula is C20H23F3N4O3. The summed E-state index contributed by atoms with van der Waals surface area (Å²) in [5.74, 6) is 0.464. The Morgan fingerprint density at radius 3 is 2.57 bits per heavy atom. The number of ether oxygens (including phenoxy) is 1. The van der Waals surface area contributed by atoms with Crippen LogP contribution in [0.1, 0.15) is 72.8 Å². The van der Waals surface area contributed by atoms with Crippen LogP contribution in [0.3, 0.4) is 0 Å². The molecule has 1 atom stereocenters. The number of pyridine rings is 1. The topological polar surface area (TPSA) is 90.1 Å². The van der Waals surface area contributed by atoms with Crippen LogP contribution in [0, 0.1) is 12.8 Å². The molecule has 0 radical (unpaired) electrons. The second-order valence-corrected chi connectivity index (χ2v) is 8.35. The van der Waals surface area contributed by atoms with E-state index >= 15 is 0 Å². The van der Waals surface area contributed by atoms with Crippen molar-refractivity contribution in [1.29, 1.82) is 0 Å². The smallest absolute Gasteiger partial charge is 0.422 e. The second-order valence-electron chi connectivity index (χ2n) is 8.35. The first-order valence-corrected chi connectivity index (χ1v) is 9.95. The molecule has 30 heavy (non-hydrogen) atoms. The fourth-order valence-corrected chi connectivity index (χ4v) is 3.46. The molecule has 4 rings (SSSR count). The van der Waals surface area contributed by atoms with Gasteiger partial charge in [-0.05, 0) is 49.7 Å². The van der Waals surface area contributed by atoms with Crippen LogP contribution < -0.4 is 10.1 Å². The number of carbonyl (C=O) groups excluding carboxylic acids is 1. The van der Waals surface area contributed by atoms with Crippen LogP contribution >= 0.6 is 0 Å². The molecule has 162 valence electrons. The molecule has 2 aliphatic rings. The number of alkyl halides is 3. The maximum atomic E-state index is 13.1. The van der Waals surface area contributed by atoms with Crippen molar-refractivity contribution in [3.63, 3.8) is 0 Å². The van der Waals surface area contributed by atoms with E-state index in [-0.39, 0.29) is 23.3 Å². The maximum absolute atomic E-state index is 13.1. The van der Waals surface area contributed by atoms with Gasteiger partial charge >= 0.3 is 6.18 Å². The Morgan fingerprint density at radius 1 is 1.27 bits per heavy atom. The third kappa shape index (κ3) is 4.91. The van der Waals surface area contributed by atoms with Gasteiger partial charge in [0.05, 0.1) is 0 Å². The van der Waals surface area contributed by atoms with Crippen molar-refractivity contribution in [1.82, 2.24) is 20.5 Å². The molecule has 10 heteroatoms. The highest BCUT2D eigenvalue weighted by Gasteiger charge is 2.41. The number of hydrogen-bond acceptors (Lipinski definition) is 6. The molecule has 2 fully saturated rings. The summed E-state index contributed by atoms with van der Waals surface area (Å²) in [6, 6.07) is 1.49. The van der Waals surface area contributed by atoms with E-state index in [1.807, 2.05) is 0 Å². The zero-order valence-electron chi connectivity index (χ0n) is 16.8. The van der Waals surface area contributed by atoms with Gasteiger partial charge in [0.15, 0.2) is 18.1 Å². The molecule has 1 unspecified atom stereocenters. The second kappa shape index (κ2) is 7.55. The van der Waals surface area contributed by atoms with Crippen molar-refractivity contribution < 1.29 is 27.1 Å². The Kier molecular flexibility index (Phi) is 5.19. The number of rotatable bonds is 8. The summed E-state index contributed by atoms with van der Waals surface area (Å²) >= 11 is 0. The summed E-state index contributed by atoms with van der Waals surface area (Å²) < 4.78 is 48.7. The molecule has 2 heterocycles. The number of halogens is 3. The molecule has 0 spiro atoms. The van der Waals surface area contributed by atoms with Crippen molar-refractivity contribution in [2.75, 3.05) is 6.61 Å². The lowest BCUT2D eigenvalue weighted by molar-refractivity contribution is -0.153.